The fourth-order valence-electron chi connectivity index (χ4n) is 4.03. The quantitative estimate of drug-likeness (QED) is 0.729. The van der Waals surface area contributed by atoms with E-state index in [2.05, 4.69) is 0 Å². The van der Waals surface area contributed by atoms with Gasteiger partial charge in [0.2, 0.25) is 5.78 Å². The van der Waals surface area contributed by atoms with E-state index in [1.807, 2.05) is 26.0 Å². The highest BCUT2D eigenvalue weighted by atomic mass is 16.5. The molecule has 0 saturated carbocycles. The van der Waals surface area contributed by atoms with Crippen LogP contribution < -0.4 is 23.7 Å². The first-order valence-electron chi connectivity index (χ1n) is 10.00. The van der Waals surface area contributed by atoms with Gasteiger partial charge in [-0.15, -0.1) is 0 Å². The molecule has 1 N–H and O–H groups in total. The van der Waals surface area contributed by atoms with Gasteiger partial charge in [0.25, 0.3) is 0 Å². The Morgan fingerprint density at radius 3 is 2.42 bits per heavy atom. The third-order valence-electron chi connectivity index (χ3n) is 5.66. The summed E-state index contributed by atoms with van der Waals surface area (Å²) in [6, 6.07) is 6.56. The number of hydrogen-bond donors (Lipinski definition) is 1. The number of fused-ring (bicyclic) bond motifs is 2. The normalized spacial score (nSPS) is 20.6. The molecule has 2 aliphatic heterocycles. The molecular formula is C24H26O7. The molecular weight excluding hydrogens is 400 g/mol. The Kier molecular flexibility index (Phi) is 5.09. The molecule has 1 atom stereocenters. The van der Waals surface area contributed by atoms with Crippen molar-refractivity contribution in [3.63, 3.8) is 0 Å². The summed E-state index contributed by atoms with van der Waals surface area (Å²) in [7, 11) is 4.50. The molecule has 4 rings (SSSR count). The average molecular weight is 426 g/mol. The van der Waals surface area contributed by atoms with Gasteiger partial charge in [-0.05, 0) is 44.2 Å². The molecule has 164 valence electrons. The van der Waals surface area contributed by atoms with Crippen LogP contribution in [0.4, 0.5) is 0 Å². The minimum absolute atomic E-state index is 0.0912. The molecule has 2 aliphatic rings. The molecule has 0 spiro atoms. The van der Waals surface area contributed by atoms with Gasteiger partial charge < -0.3 is 28.8 Å². The van der Waals surface area contributed by atoms with Crippen molar-refractivity contribution in [1.29, 1.82) is 0 Å². The summed E-state index contributed by atoms with van der Waals surface area (Å²) < 4.78 is 28.0. The van der Waals surface area contributed by atoms with E-state index < -0.39 is 17.0 Å². The largest absolute Gasteiger partial charge is 0.495 e. The van der Waals surface area contributed by atoms with E-state index in [4.69, 9.17) is 23.7 Å². The van der Waals surface area contributed by atoms with Gasteiger partial charge in [-0.2, -0.15) is 0 Å². The second kappa shape index (κ2) is 7.50. The van der Waals surface area contributed by atoms with Gasteiger partial charge in [-0.1, -0.05) is 0 Å². The first-order chi connectivity index (χ1) is 14.7. The molecule has 0 bridgehead atoms. The molecule has 1 unspecified atom stereocenters. The molecule has 0 fully saturated rings. The predicted octanol–water partition coefficient (Wildman–Crippen LogP) is 3.75. The lowest BCUT2D eigenvalue weighted by atomic mass is 9.80. The molecule has 0 aliphatic carbocycles. The molecule has 0 saturated heterocycles. The second-order valence-corrected chi connectivity index (χ2v) is 8.09. The lowest BCUT2D eigenvalue weighted by Gasteiger charge is -2.34. The van der Waals surface area contributed by atoms with Gasteiger partial charge in [-0.3, -0.25) is 4.79 Å². The summed E-state index contributed by atoms with van der Waals surface area (Å²) in [5.74, 6) is 1.72. The topological polar surface area (TPSA) is 83.5 Å². The molecule has 0 aromatic heterocycles. The zero-order valence-electron chi connectivity index (χ0n) is 18.3. The lowest BCUT2D eigenvalue weighted by molar-refractivity contribution is 0.00638. The molecule has 0 amide bonds. The number of ketones is 1. The molecule has 2 aromatic rings. The number of methoxy groups -OCH3 is 3. The number of carbonyl (C=O) groups is 1. The Balaban J connectivity index is 1.83. The van der Waals surface area contributed by atoms with Crippen LogP contribution in [0.25, 0.3) is 6.08 Å². The molecule has 0 radical (unpaired) electrons. The Hall–Kier alpha value is -3.19. The van der Waals surface area contributed by atoms with Crippen molar-refractivity contribution >= 4 is 11.9 Å². The standard InChI is InChI=1S/C24H26O7/c1-23(2)9-8-14-17(31-23)7-6-15(21(14)29-5)22(25)24(26)10-11-30-18-13-20(28-4)19(27-3)12-16(18)24/h6-9,12-13,26H,10-11H2,1-5H3. The highest BCUT2D eigenvalue weighted by Crippen LogP contribution is 2.47. The van der Waals surface area contributed by atoms with Crippen LogP contribution in [0.2, 0.25) is 0 Å². The summed E-state index contributed by atoms with van der Waals surface area (Å²) in [5.41, 5.74) is -1.02. The Labute approximate surface area is 181 Å². The van der Waals surface area contributed by atoms with Crippen molar-refractivity contribution in [1.82, 2.24) is 0 Å². The van der Waals surface area contributed by atoms with Crippen LogP contribution in [0.1, 0.15) is 41.8 Å². The number of hydrogen-bond acceptors (Lipinski definition) is 7. The van der Waals surface area contributed by atoms with Crippen LogP contribution in [-0.4, -0.2) is 44.4 Å². The minimum Gasteiger partial charge on any atom is -0.495 e. The maximum atomic E-state index is 13.7. The van der Waals surface area contributed by atoms with E-state index in [1.54, 1.807) is 24.3 Å². The maximum absolute atomic E-state index is 13.7. The van der Waals surface area contributed by atoms with Crippen LogP contribution in [0.5, 0.6) is 28.7 Å². The highest BCUT2D eigenvalue weighted by molar-refractivity contribution is 6.06. The third-order valence-corrected chi connectivity index (χ3v) is 5.66. The van der Waals surface area contributed by atoms with Crippen molar-refractivity contribution < 1.29 is 33.6 Å². The number of carbonyl (C=O) groups excluding carboxylic acids is 1. The molecule has 2 heterocycles. The van der Waals surface area contributed by atoms with E-state index in [0.717, 1.165) is 0 Å². The fraction of sp³-hybridized carbons (Fsp3) is 0.375. The van der Waals surface area contributed by atoms with E-state index >= 15 is 0 Å². The van der Waals surface area contributed by atoms with Gasteiger partial charge in [0.05, 0.1) is 39.1 Å². The molecule has 31 heavy (non-hydrogen) atoms. The zero-order valence-corrected chi connectivity index (χ0v) is 18.3. The van der Waals surface area contributed by atoms with E-state index in [0.29, 0.717) is 39.9 Å². The van der Waals surface area contributed by atoms with Crippen molar-refractivity contribution in [2.45, 2.75) is 31.5 Å². The summed E-state index contributed by atoms with van der Waals surface area (Å²) in [6.07, 6.45) is 3.87. The van der Waals surface area contributed by atoms with Gasteiger partial charge in [0.15, 0.2) is 17.1 Å². The first-order valence-corrected chi connectivity index (χ1v) is 10.00. The maximum Gasteiger partial charge on any atom is 0.202 e. The Morgan fingerprint density at radius 2 is 1.74 bits per heavy atom. The monoisotopic (exact) mass is 426 g/mol. The van der Waals surface area contributed by atoms with Crippen LogP contribution in [0, 0.1) is 0 Å². The lowest BCUT2D eigenvalue weighted by Crippen LogP contribution is -2.41. The number of benzene rings is 2. The van der Waals surface area contributed by atoms with Crippen LogP contribution in [-0.2, 0) is 5.60 Å². The number of Topliss-reactive ketones (excluding diaryl/α,β-unsaturated/α-hetero) is 1. The Morgan fingerprint density at radius 1 is 1.03 bits per heavy atom. The van der Waals surface area contributed by atoms with Gasteiger partial charge in [-0.25, -0.2) is 0 Å². The fourth-order valence-corrected chi connectivity index (χ4v) is 4.03. The average Bonchev–Trinajstić information content (AvgIpc) is 2.76. The number of aliphatic hydroxyl groups is 1. The summed E-state index contributed by atoms with van der Waals surface area (Å²) in [4.78, 5) is 13.7. The minimum atomic E-state index is -1.81. The smallest absolute Gasteiger partial charge is 0.202 e. The van der Waals surface area contributed by atoms with E-state index in [-0.39, 0.29) is 18.6 Å². The zero-order chi connectivity index (χ0) is 22.4. The SMILES string of the molecule is COc1cc2c(cc1OC)C(O)(C(=O)c1ccc3c(c1OC)C=CC(C)(C)O3)CCO2. The van der Waals surface area contributed by atoms with E-state index in [1.165, 1.54) is 21.3 Å². The number of rotatable bonds is 5. The second-order valence-electron chi connectivity index (χ2n) is 8.09. The molecule has 7 heteroatoms. The van der Waals surface area contributed by atoms with Crippen LogP contribution in [0.3, 0.4) is 0 Å². The summed E-state index contributed by atoms with van der Waals surface area (Å²) in [6.45, 7) is 4.07. The van der Waals surface area contributed by atoms with Gasteiger partial charge in [0.1, 0.15) is 22.8 Å². The van der Waals surface area contributed by atoms with Crippen molar-refractivity contribution in [3.05, 3.63) is 47.0 Å². The number of ether oxygens (including phenoxy) is 5. The molecule has 7 nitrogen and oxygen atoms in total. The summed E-state index contributed by atoms with van der Waals surface area (Å²) in [5, 5.41) is 11.6. The summed E-state index contributed by atoms with van der Waals surface area (Å²) >= 11 is 0. The van der Waals surface area contributed by atoms with Gasteiger partial charge >= 0.3 is 0 Å². The third kappa shape index (κ3) is 3.39. The predicted molar refractivity (Wildman–Crippen MR) is 115 cm³/mol. The van der Waals surface area contributed by atoms with Crippen molar-refractivity contribution in [2.75, 3.05) is 27.9 Å². The first kappa shape index (κ1) is 21.1. The molecule has 2 aromatic carbocycles. The van der Waals surface area contributed by atoms with Crippen LogP contribution >= 0.6 is 0 Å². The van der Waals surface area contributed by atoms with Crippen LogP contribution in [0.15, 0.2) is 30.3 Å². The van der Waals surface area contributed by atoms with Crippen molar-refractivity contribution in [2.24, 2.45) is 0 Å². The van der Waals surface area contributed by atoms with E-state index in [9.17, 15) is 9.90 Å². The Bertz CT molecular complexity index is 1070. The highest BCUT2D eigenvalue weighted by Gasteiger charge is 2.45. The van der Waals surface area contributed by atoms with Crippen molar-refractivity contribution in [3.8, 4) is 28.7 Å². The van der Waals surface area contributed by atoms with Gasteiger partial charge in [0, 0.05) is 18.1 Å².